The summed E-state index contributed by atoms with van der Waals surface area (Å²) in [5.74, 6) is 7.39. The number of fused-ring (bicyclic) bond motifs is 1. The molecule has 3 rings (SSSR count). The molecule has 1 aliphatic rings. The Bertz CT molecular complexity index is 748. The molecule has 0 aliphatic carbocycles. The van der Waals surface area contributed by atoms with Crippen LogP contribution in [-0.4, -0.2) is 61.4 Å². The summed E-state index contributed by atoms with van der Waals surface area (Å²) in [6, 6.07) is 3.08. The van der Waals surface area contributed by atoms with E-state index in [2.05, 4.69) is 9.97 Å². The molecule has 1 fully saturated rings. The van der Waals surface area contributed by atoms with Gasteiger partial charge in [0.25, 0.3) is 0 Å². The Morgan fingerprint density at radius 2 is 1.88 bits per heavy atom. The van der Waals surface area contributed by atoms with Crippen LogP contribution in [0.4, 0.5) is 10.6 Å². The van der Waals surface area contributed by atoms with Crippen LogP contribution in [-0.2, 0) is 4.74 Å². The number of morpholine rings is 1. The molecule has 2 amide bonds. The van der Waals surface area contributed by atoms with Gasteiger partial charge in [-0.15, -0.1) is 0 Å². The van der Waals surface area contributed by atoms with Crippen LogP contribution in [0.3, 0.4) is 0 Å². The molecule has 0 unspecified atom stereocenters. The number of carbonyl (C=O) groups is 1. The fourth-order valence-electron chi connectivity index (χ4n) is 2.56. The van der Waals surface area contributed by atoms with E-state index in [1.807, 2.05) is 0 Å². The number of hydrogen-bond acceptors (Lipinski definition) is 7. The largest absolute Gasteiger partial charge is 0.493 e. The number of hydrazine groups is 1. The normalized spacial score (nSPS) is 14.5. The summed E-state index contributed by atoms with van der Waals surface area (Å²) in [6.45, 7) is 1.98. The topological polar surface area (TPSA) is 103 Å². The number of benzene rings is 1. The number of nitrogens with zero attached hydrogens (tertiary/aromatic N) is 4. The van der Waals surface area contributed by atoms with Gasteiger partial charge in [-0.2, -0.15) is 0 Å². The highest BCUT2D eigenvalue weighted by molar-refractivity contribution is 6.00. The van der Waals surface area contributed by atoms with E-state index >= 15 is 0 Å². The molecule has 0 atom stereocenters. The second kappa shape index (κ2) is 6.85. The summed E-state index contributed by atoms with van der Waals surface area (Å²) in [6.07, 6.45) is 1.36. The van der Waals surface area contributed by atoms with Crippen molar-refractivity contribution in [2.45, 2.75) is 0 Å². The Balaban J connectivity index is 2.00. The third-order valence-electron chi connectivity index (χ3n) is 3.84. The number of nitrogens with two attached hydrogens (primary N) is 1. The van der Waals surface area contributed by atoms with E-state index in [4.69, 9.17) is 20.1 Å². The fraction of sp³-hybridized carbons (Fsp3) is 0.400. The van der Waals surface area contributed by atoms with Gasteiger partial charge in [-0.3, -0.25) is 0 Å². The van der Waals surface area contributed by atoms with Crippen LogP contribution < -0.4 is 20.3 Å². The molecule has 0 saturated carbocycles. The quantitative estimate of drug-likeness (QED) is 0.503. The molecule has 1 aromatic carbocycles. The number of aromatic nitrogens is 2. The van der Waals surface area contributed by atoms with Crippen molar-refractivity contribution in [1.82, 2.24) is 14.9 Å². The van der Waals surface area contributed by atoms with Gasteiger partial charge in [0.1, 0.15) is 6.33 Å². The van der Waals surface area contributed by atoms with Gasteiger partial charge >= 0.3 is 6.03 Å². The van der Waals surface area contributed by atoms with E-state index in [0.29, 0.717) is 54.5 Å². The lowest BCUT2D eigenvalue weighted by Crippen LogP contribution is -2.51. The zero-order chi connectivity index (χ0) is 17.1. The van der Waals surface area contributed by atoms with E-state index in [1.54, 1.807) is 24.1 Å². The van der Waals surface area contributed by atoms with Gasteiger partial charge in [-0.05, 0) is 6.07 Å². The molecule has 2 heterocycles. The van der Waals surface area contributed by atoms with E-state index in [-0.39, 0.29) is 6.03 Å². The van der Waals surface area contributed by atoms with Crippen molar-refractivity contribution in [3.8, 4) is 11.5 Å². The minimum atomic E-state index is -0.340. The molecule has 128 valence electrons. The molecule has 1 saturated heterocycles. The lowest BCUT2D eigenvalue weighted by Gasteiger charge is -2.30. The summed E-state index contributed by atoms with van der Waals surface area (Å²) < 4.78 is 15.8. The molecule has 2 aromatic rings. The Morgan fingerprint density at radius 3 is 2.54 bits per heavy atom. The SMILES string of the molecule is COc1cc2ncnc(N(N)C(=O)N3CCOCC3)c2cc1OC. The zero-order valence-electron chi connectivity index (χ0n) is 13.6. The van der Waals surface area contributed by atoms with Crippen LogP contribution in [0.1, 0.15) is 0 Å². The fourth-order valence-corrected chi connectivity index (χ4v) is 2.56. The molecule has 24 heavy (non-hydrogen) atoms. The van der Waals surface area contributed by atoms with Gasteiger partial charge in [0.15, 0.2) is 17.3 Å². The third kappa shape index (κ3) is 2.91. The predicted octanol–water partition coefficient (Wildman–Crippen LogP) is 0.779. The van der Waals surface area contributed by atoms with E-state index < -0.39 is 0 Å². The first-order valence-corrected chi connectivity index (χ1v) is 7.44. The lowest BCUT2D eigenvalue weighted by atomic mass is 10.2. The molecule has 9 heteroatoms. The lowest BCUT2D eigenvalue weighted by molar-refractivity contribution is 0.0548. The van der Waals surface area contributed by atoms with Crippen molar-refractivity contribution in [1.29, 1.82) is 0 Å². The standard InChI is InChI=1S/C15H19N5O4/c1-22-12-7-10-11(8-13(12)23-2)17-9-18-14(10)20(16)15(21)19-3-5-24-6-4-19/h7-9H,3-6,16H2,1-2H3. The van der Waals surface area contributed by atoms with Gasteiger partial charge in [-0.1, -0.05) is 0 Å². The van der Waals surface area contributed by atoms with Gasteiger partial charge in [0, 0.05) is 24.5 Å². The average Bonchev–Trinajstić information content (AvgIpc) is 2.65. The van der Waals surface area contributed by atoms with Crippen molar-refractivity contribution in [2.24, 2.45) is 5.84 Å². The highest BCUT2D eigenvalue weighted by Crippen LogP contribution is 2.34. The Morgan fingerprint density at radius 1 is 1.21 bits per heavy atom. The first kappa shape index (κ1) is 16.2. The summed E-state index contributed by atoms with van der Waals surface area (Å²) >= 11 is 0. The molecule has 2 N–H and O–H groups in total. The Kier molecular flexibility index (Phi) is 4.63. The number of carbonyl (C=O) groups excluding carboxylic acids is 1. The van der Waals surface area contributed by atoms with Crippen LogP contribution in [0.2, 0.25) is 0 Å². The maximum absolute atomic E-state index is 12.6. The van der Waals surface area contributed by atoms with E-state index in [1.165, 1.54) is 13.4 Å². The number of methoxy groups -OCH3 is 2. The Labute approximate surface area is 138 Å². The van der Waals surface area contributed by atoms with Crippen LogP contribution in [0.25, 0.3) is 10.9 Å². The number of amides is 2. The monoisotopic (exact) mass is 333 g/mol. The number of hydrogen-bond donors (Lipinski definition) is 1. The summed E-state index contributed by atoms with van der Waals surface area (Å²) in [5.41, 5.74) is 0.600. The van der Waals surface area contributed by atoms with Crippen molar-refractivity contribution in [2.75, 3.05) is 45.5 Å². The molecular formula is C15H19N5O4. The third-order valence-corrected chi connectivity index (χ3v) is 3.84. The van der Waals surface area contributed by atoms with E-state index in [9.17, 15) is 4.79 Å². The van der Waals surface area contributed by atoms with Gasteiger partial charge in [-0.25, -0.2) is 25.6 Å². The highest BCUT2D eigenvalue weighted by atomic mass is 16.5. The predicted molar refractivity (Wildman–Crippen MR) is 87.1 cm³/mol. The van der Waals surface area contributed by atoms with Crippen molar-refractivity contribution in [3.05, 3.63) is 18.5 Å². The Hall–Kier alpha value is -2.65. The number of ether oxygens (including phenoxy) is 3. The maximum Gasteiger partial charge on any atom is 0.340 e. The van der Waals surface area contributed by atoms with Gasteiger partial charge in [0.05, 0.1) is 33.0 Å². The van der Waals surface area contributed by atoms with Crippen LogP contribution in [0.15, 0.2) is 18.5 Å². The molecule has 1 aliphatic heterocycles. The number of rotatable bonds is 3. The minimum Gasteiger partial charge on any atom is -0.493 e. The first-order valence-electron chi connectivity index (χ1n) is 7.44. The van der Waals surface area contributed by atoms with Crippen LogP contribution in [0.5, 0.6) is 11.5 Å². The van der Waals surface area contributed by atoms with Crippen molar-refractivity contribution < 1.29 is 19.0 Å². The molecule has 0 bridgehead atoms. The number of urea groups is 1. The van der Waals surface area contributed by atoms with Gasteiger partial charge in [0.2, 0.25) is 0 Å². The van der Waals surface area contributed by atoms with Gasteiger partial charge < -0.3 is 19.1 Å². The minimum absolute atomic E-state index is 0.303. The maximum atomic E-state index is 12.6. The van der Waals surface area contributed by atoms with Crippen LogP contribution >= 0.6 is 0 Å². The molecule has 9 nitrogen and oxygen atoms in total. The summed E-state index contributed by atoms with van der Waals surface area (Å²) in [7, 11) is 3.08. The number of anilines is 1. The first-order chi connectivity index (χ1) is 11.7. The average molecular weight is 333 g/mol. The summed E-state index contributed by atoms with van der Waals surface area (Å²) in [5, 5.41) is 1.63. The highest BCUT2D eigenvalue weighted by Gasteiger charge is 2.24. The summed E-state index contributed by atoms with van der Waals surface area (Å²) in [4.78, 5) is 22.6. The van der Waals surface area contributed by atoms with Crippen molar-refractivity contribution in [3.63, 3.8) is 0 Å². The van der Waals surface area contributed by atoms with E-state index in [0.717, 1.165) is 5.01 Å². The smallest absolute Gasteiger partial charge is 0.340 e. The molecule has 0 radical (unpaired) electrons. The molecule has 1 aromatic heterocycles. The molecular weight excluding hydrogens is 314 g/mol. The second-order valence-electron chi connectivity index (χ2n) is 5.17. The van der Waals surface area contributed by atoms with Crippen molar-refractivity contribution >= 4 is 22.8 Å². The second-order valence-corrected chi connectivity index (χ2v) is 5.17. The van der Waals surface area contributed by atoms with Crippen LogP contribution in [0, 0.1) is 0 Å². The zero-order valence-corrected chi connectivity index (χ0v) is 13.6. The molecule has 0 spiro atoms.